The van der Waals surface area contributed by atoms with Gasteiger partial charge < -0.3 is 0 Å². The number of hydrogen-bond donors (Lipinski definition) is 0. The first-order chi connectivity index (χ1) is 4.19. The smallest absolute Gasteiger partial charge is 0.213 e. The molecule has 0 radical (unpaired) electrons. The van der Waals surface area contributed by atoms with Crippen molar-refractivity contribution in [3.05, 3.63) is 0 Å². The Hall–Kier alpha value is 0.590. The molecule has 0 heterocycles. The van der Waals surface area contributed by atoms with Gasteiger partial charge in [-0.1, -0.05) is 34.8 Å². The van der Waals surface area contributed by atoms with Crippen molar-refractivity contribution >= 4 is 34.8 Å². The fraction of sp³-hybridized carbons (Fsp3) is 1.00. The second kappa shape index (κ2) is 2.91. The van der Waals surface area contributed by atoms with E-state index in [2.05, 4.69) is 34.8 Å². The Balaban J connectivity index is 4.40. The number of alkyl halides is 7. The molecule has 10 heavy (non-hydrogen) atoms. The Morgan fingerprint density at radius 2 is 1.30 bits per heavy atom. The summed E-state index contributed by atoms with van der Waals surface area (Å²) in [6, 6.07) is 0. The largest absolute Gasteiger partial charge is 0.311 e. The molecule has 0 aromatic carbocycles. The van der Waals surface area contributed by atoms with Gasteiger partial charge in [-0.2, -0.15) is 0 Å². The molecule has 0 rings (SSSR count). The van der Waals surface area contributed by atoms with Crippen LogP contribution in [0.5, 0.6) is 0 Å². The van der Waals surface area contributed by atoms with Gasteiger partial charge in [0.15, 0.2) is 0 Å². The predicted octanol–water partition coefficient (Wildman–Crippen LogP) is 3.26. The summed E-state index contributed by atoms with van der Waals surface area (Å²) in [5.74, 6) is 0. The summed E-state index contributed by atoms with van der Waals surface area (Å²) in [6.45, 7) is 0. The van der Waals surface area contributed by atoms with Crippen LogP contribution in [0.3, 0.4) is 0 Å². The van der Waals surface area contributed by atoms with E-state index in [1.165, 1.54) is 0 Å². The monoisotopic (exact) mass is 218 g/mol. The first-order valence-electron chi connectivity index (χ1n) is 1.92. The first-order valence-corrected chi connectivity index (χ1v) is 3.05. The van der Waals surface area contributed by atoms with Crippen molar-refractivity contribution in [2.45, 2.75) is 16.1 Å². The van der Waals surface area contributed by atoms with Crippen molar-refractivity contribution < 1.29 is 17.6 Å². The Kier molecular flexibility index (Phi) is 3.08. The molecule has 0 saturated heterocycles. The van der Waals surface area contributed by atoms with Gasteiger partial charge in [-0.3, -0.25) is 0 Å². The lowest BCUT2D eigenvalue weighted by atomic mass is 10.4. The summed E-state index contributed by atoms with van der Waals surface area (Å²) in [4.78, 5) is 0. The van der Waals surface area contributed by atoms with Crippen LogP contribution in [0.2, 0.25) is 0 Å². The second-order valence-electron chi connectivity index (χ2n) is 1.42. The van der Waals surface area contributed by atoms with Crippen LogP contribution < -0.4 is 0 Å². The molecule has 0 saturated carbocycles. The molecule has 0 aromatic rings. The van der Waals surface area contributed by atoms with E-state index >= 15 is 0 Å². The molecule has 0 amide bonds. The van der Waals surface area contributed by atoms with E-state index < -0.39 is 16.1 Å². The van der Waals surface area contributed by atoms with Crippen LogP contribution in [0.1, 0.15) is 0 Å². The van der Waals surface area contributed by atoms with E-state index in [0.717, 1.165) is 0 Å². The average Bonchev–Trinajstić information content (AvgIpc) is 1.62. The number of halogens is 7. The third kappa shape index (κ3) is 2.04. The molecule has 0 aliphatic carbocycles. The maximum Gasteiger partial charge on any atom is 0.311 e. The maximum absolute atomic E-state index is 12.1. The molecule has 0 aromatic heterocycles. The highest BCUT2D eigenvalue weighted by Gasteiger charge is 2.57. The quantitative estimate of drug-likeness (QED) is 0.494. The summed E-state index contributed by atoms with van der Waals surface area (Å²) in [7, 11) is 0. The molecule has 0 bridgehead atoms. The fourth-order valence-corrected chi connectivity index (χ4v) is 0.289. The lowest BCUT2D eigenvalue weighted by Crippen LogP contribution is -2.40. The molecule has 1 atom stereocenters. The standard InChI is InChI=1S/C3HCl3F4/c4-2(9,1(7)8)3(5,6)10/h1H. The third-order valence-electron chi connectivity index (χ3n) is 0.652. The van der Waals surface area contributed by atoms with Gasteiger partial charge in [0.1, 0.15) is 0 Å². The van der Waals surface area contributed by atoms with Crippen molar-refractivity contribution in [3.8, 4) is 0 Å². The highest BCUT2D eigenvalue weighted by atomic mass is 35.5. The van der Waals surface area contributed by atoms with E-state index in [1.807, 2.05) is 0 Å². The average molecular weight is 219 g/mol. The zero-order valence-electron chi connectivity index (χ0n) is 4.22. The number of hydrogen-bond acceptors (Lipinski definition) is 0. The lowest BCUT2D eigenvalue weighted by Gasteiger charge is -2.22. The zero-order valence-corrected chi connectivity index (χ0v) is 6.49. The van der Waals surface area contributed by atoms with Crippen molar-refractivity contribution in [1.29, 1.82) is 0 Å². The first kappa shape index (κ1) is 10.6. The van der Waals surface area contributed by atoms with Gasteiger partial charge in [-0.25, -0.2) is 17.6 Å². The van der Waals surface area contributed by atoms with Crippen LogP contribution in [0, 0.1) is 0 Å². The van der Waals surface area contributed by atoms with Crippen molar-refractivity contribution in [1.82, 2.24) is 0 Å². The van der Waals surface area contributed by atoms with Crippen LogP contribution in [0.25, 0.3) is 0 Å². The van der Waals surface area contributed by atoms with Crippen LogP contribution in [0.15, 0.2) is 0 Å². The summed E-state index contributed by atoms with van der Waals surface area (Å²) in [5.41, 5.74) is 0. The minimum atomic E-state index is -4.06. The maximum atomic E-state index is 12.1. The Labute approximate surface area is 69.0 Å². The lowest BCUT2D eigenvalue weighted by molar-refractivity contribution is -0.0160. The molecule has 7 heteroatoms. The molecule has 0 fully saturated rings. The third-order valence-corrected chi connectivity index (χ3v) is 1.82. The van der Waals surface area contributed by atoms with Crippen molar-refractivity contribution in [3.63, 3.8) is 0 Å². The van der Waals surface area contributed by atoms with Crippen LogP contribution >= 0.6 is 34.8 Å². The highest BCUT2D eigenvalue weighted by Crippen LogP contribution is 2.45. The van der Waals surface area contributed by atoms with E-state index in [4.69, 9.17) is 0 Å². The summed E-state index contributed by atoms with van der Waals surface area (Å²) in [6.07, 6.45) is -3.78. The van der Waals surface area contributed by atoms with Crippen molar-refractivity contribution in [2.75, 3.05) is 0 Å². The summed E-state index contributed by atoms with van der Waals surface area (Å²) in [5, 5.41) is -4.06. The Morgan fingerprint density at radius 3 is 1.30 bits per heavy atom. The van der Waals surface area contributed by atoms with E-state index in [9.17, 15) is 17.6 Å². The fourth-order valence-electron chi connectivity index (χ4n) is 0.124. The van der Waals surface area contributed by atoms with Crippen molar-refractivity contribution in [2.24, 2.45) is 0 Å². The molecule has 0 aliphatic heterocycles. The summed E-state index contributed by atoms with van der Waals surface area (Å²) < 4.78 is 43.1. The Bertz CT molecular complexity index is 117. The van der Waals surface area contributed by atoms with Gasteiger partial charge in [0.2, 0.25) is 0 Å². The molecule has 0 N–H and O–H groups in total. The highest BCUT2D eigenvalue weighted by molar-refractivity contribution is 6.51. The molecule has 0 spiro atoms. The van der Waals surface area contributed by atoms with Crippen LogP contribution in [-0.4, -0.2) is 16.1 Å². The van der Waals surface area contributed by atoms with Gasteiger partial charge in [0, 0.05) is 0 Å². The minimum Gasteiger partial charge on any atom is -0.213 e. The van der Waals surface area contributed by atoms with Gasteiger partial charge in [0.05, 0.1) is 0 Å². The summed E-state index contributed by atoms with van der Waals surface area (Å²) >= 11 is 13.0. The topological polar surface area (TPSA) is 0 Å². The van der Waals surface area contributed by atoms with Crippen LogP contribution in [-0.2, 0) is 0 Å². The van der Waals surface area contributed by atoms with Crippen LogP contribution in [0.4, 0.5) is 17.6 Å². The van der Waals surface area contributed by atoms with E-state index in [-0.39, 0.29) is 0 Å². The normalized spacial score (nSPS) is 19.2. The van der Waals surface area contributed by atoms with E-state index in [0.29, 0.717) is 0 Å². The SMILES string of the molecule is FC(F)C(F)(Cl)C(F)(Cl)Cl. The Morgan fingerprint density at radius 1 is 1.00 bits per heavy atom. The molecule has 1 unspecified atom stereocenters. The molecular weight excluding hydrogens is 218 g/mol. The number of rotatable bonds is 2. The van der Waals surface area contributed by atoms with Gasteiger partial charge in [-0.05, 0) is 0 Å². The molecule has 62 valence electrons. The minimum absolute atomic E-state index is 3.78. The van der Waals surface area contributed by atoms with Gasteiger partial charge >= 0.3 is 9.72 Å². The zero-order chi connectivity index (χ0) is 8.58. The second-order valence-corrected chi connectivity index (χ2v) is 3.21. The molecule has 0 aliphatic rings. The molecule has 0 nitrogen and oxygen atoms in total. The predicted molar refractivity (Wildman–Crippen MR) is 31.2 cm³/mol. The van der Waals surface area contributed by atoms with E-state index in [1.54, 1.807) is 0 Å². The molecular formula is C3HCl3F4. The van der Waals surface area contributed by atoms with Gasteiger partial charge in [-0.15, -0.1) is 0 Å². The van der Waals surface area contributed by atoms with Gasteiger partial charge in [0.25, 0.3) is 6.43 Å².